The molecule has 5 rings (SSSR count). The van der Waals surface area contributed by atoms with E-state index in [-0.39, 0.29) is 11.4 Å². The van der Waals surface area contributed by atoms with Gasteiger partial charge in [-0.3, -0.25) is 4.90 Å². The van der Waals surface area contributed by atoms with Crippen LogP contribution in [0.25, 0.3) is 10.8 Å². The van der Waals surface area contributed by atoms with E-state index in [1.807, 2.05) is 12.1 Å². The largest absolute Gasteiger partial charge is 0.427 e. The Bertz CT molecular complexity index is 1160. The predicted molar refractivity (Wildman–Crippen MR) is 124 cm³/mol. The fourth-order valence-electron chi connectivity index (χ4n) is 4.62. The number of halogens is 1. The van der Waals surface area contributed by atoms with Gasteiger partial charge >= 0.3 is 5.63 Å². The van der Waals surface area contributed by atoms with Crippen LogP contribution in [0.5, 0.6) is 0 Å². The monoisotopic (exact) mass is 437 g/mol. The van der Waals surface area contributed by atoms with Gasteiger partial charge in [0.2, 0.25) is 0 Å². The van der Waals surface area contributed by atoms with Crippen molar-refractivity contribution in [2.75, 3.05) is 56.0 Å². The van der Waals surface area contributed by atoms with Crippen LogP contribution < -0.4 is 21.2 Å². The van der Waals surface area contributed by atoms with E-state index in [2.05, 4.69) is 25.4 Å². The number of nitrogens with zero attached hydrogens (tertiary/aromatic N) is 3. The summed E-state index contributed by atoms with van der Waals surface area (Å²) in [5, 5.41) is 8.65. The first kappa shape index (κ1) is 20.9. The van der Waals surface area contributed by atoms with E-state index in [1.165, 1.54) is 6.07 Å². The zero-order chi connectivity index (χ0) is 21.9. The van der Waals surface area contributed by atoms with Crippen molar-refractivity contribution in [1.82, 2.24) is 15.2 Å². The lowest BCUT2D eigenvalue weighted by atomic mass is 10.1. The summed E-state index contributed by atoms with van der Waals surface area (Å²) in [6.45, 7) is 7.00. The summed E-state index contributed by atoms with van der Waals surface area (Å²) < 4.78 is 19.1. The van der Waals surface area contributed by atoms with Gasteiger partial charge in [-0.2, -0.15) is 0 Å². The van der Waals surface area contributed by atoms with Gasteiger partial charge in [-0.1, -0.05) is 6.07 Å². The van der Waals surface area contributed by atoms with E-state index in [0.29, 0.717) is 0 Å². The van der Waals surface area contributed by atoms with E-state index < -0.39 is 0 Å². The zero-order valence-electron chi connectivity index (χ0n) is 18.1. The third-order valence-electron chi connectivity index (χ3n) is 6.32. The van der Waals surface area contributed by atoms with Crippen LogP contribution in [0.3, 0.4) is 0 Å². The quantitative estimate of drug-likeness (QED) is 0.574. The van der Waals surface area contributed by atoms with Gasteiger partial charge < -0.3 is 20.0 Å². The predicted octanol–water partition coefficient (Wildman–Crippen LogP) is 2.60. The average Bonchev–Trinajstić information content (AvgIpc) is 2.81. The number of fused-ring (bicyclic) bond motifs is 2. The number of anilines is 2. The molecule has 0 spiro atoms. The number of pyridine rings is 1. The molecule has 32 heavy (non-hydrogen) atoms. The summed E-state index contributed by atoms with van der Waals surface area (Å²) in [6, 6.07) is 8.36. The molecular formula is C24H28FN5O2. The fraction of sp³-hybridized carbons (Fsp3) is 0.417. The van der Waals surface area contributed by atoms with Crippen LogP contribution in [-0.4, -0.2) is 55.7 Å². The minimum atomic E-state index is -0.286. The maximum Gasteiger partial charge on any atom is 0.337 e. The molecule has 0 unspecified atom stereocenters. The van der Waals surface area contributed by atoms with Gasteiger partial charge in [0.15, 0.2) is 0 Å². The van der Waals surface area contributed by atoms with E-state index >= 15 is 0 Å². The van der Waals surface area contributed by atoms with E-state index in [0.717, 1.165) is 98.8 Å². The van der Waals surface area contributed by atoms with Gasteiger partial charge in [0.05, 0.1) is 0 Å². The van der Waals surface area contributed by atoms with Crippen molar-refractivity contribution >= 4 is 22.3 Å². The van der Waals surface area contributed by atoms with Crippen LogP contribution in [-0.2, 0) is 13.0 Å². The second-order valence-corrected chi connectivity index (χ2v) is 8.42. The number of hydrogen-bond donors (Lipinski definition) is 2. The highest BCUT2D eigenvalue weighted by Gasteiger charge is 2.20. The van der Waals surface area contributed by atoms with Crippen molar-refractivity contribution in [3.63, 3.8) is 0 Å². The fourth-order valence-corrected chi connectivity index (χ4v) is 4.62. The van der Waals surface area contributed by atoms with Crippen LogP contribution in [0.4, 0.5) is 15.9 Å². The highest BCUT2D eigenvalue weighted by Crippen LogP contribution is 2.26. The summed E-state index contributed by atoms with van der Waals surface area (Å²) in [5.41, 5.74) is 1.68. The molecule has 2 N–H and O–H groups in total. The molecule has 8 heteroatoms. The maximum absolute atomic E-state index is 13.8. The molecule has 0 atom stereocenters. The van der Waals surface area contributed by atoms with Crippen LogP contribution >= 0.6 is 0 Å². The molecule has 0 radical (unpaired) electrons. The number of nitrogens with one attached hydrogen (secondary N) is 2. The van der Waals surface area contributed by atoms with E-state index in [9.17, 15) is 9.18 Å². The molecular weight excluding hydrogens is 409 g/mol. The molecule has 2 aromatic heterocycles. The molecule has 1 saturated heterocycles. The molecule has 168 valence electrons. The lowest BCUT2D eigenvalue weighted by Gasteiger charge is -2.36. The SMILES string of the molecule is O=c1cc(NCCCN2CCN(c3nccc4ccc(F)cc34)CC2)c2c(o1)CCNC2. The second-order valence-electron chi connectivity index (χ2n) is 8.42. The third-order valence-corrected chi connectivity index (χ3v) is 6.32. The summed E-state index contributed by atoms with van der Waals surface area (Å²) in [7, 11) is 0. The molecule has 0 aliphatic carbocycles. The number of hydrogen-bond acceptors (Lipinski definition) is 7. The molecule has 0 amide bonds. The lowest BCUT2D eigenvalue weighted by Crippen LogP contribution is -2.47. The van der Waals surface area contributed by atoms with Gasteiger partial charge in [-0.05, 0) is 36.6 Å². The van der Waals surface area contributed by atoms with Crippen molar-refractivity contribution in [2.24, 2.45) is 0 Å². The van der Waals surface area contributed by atoms with Crippen LogP contribution in [0, 0.1) is 5.82 Å². The normalized spacial score (nSPS) is 16.8. The van der Waals surface area contributed by atoms with Crippen LogP contribution in [0.2, 0.25) is 0 Å². The topological polar surface area (TPSA) is 73.6 Å². The Balaban J connectivity index is 1.13. The van der Waals surface area contributed by atoms with E-state index in [1.54, 1.807) is 18.3 Å². The van der Waals surface area contributed by atoms with Crippen molar-refractivity contribution < 1.29 is 8.81 Å². The minimum absolute atomic E-state index is 0.230. The molecule has 1 aromatic carbocycles. The Morgan fingerprint density at radius 1 is 1.16 bits per heavy atom. The molecule has 0 bridgehead atoms. The highest BCUT2D eigenvalue weighted by molar-refractivity contribution is 5.92. The smallest absolute Gasteiger partial charge is 0.337 e. The summed E-state index contributed by atoms with van der Waals surface area (Å²) >= 11 is 0. The van der Waals surface area contributed by atoms with Crippen molar-refractivity contribution in [2.45, 2.75) is 19.4 Å². The Labute approximate surface area is 186 Å². The van der Waals surface area contributed by atoms with Crippen LogP contribution in [0.1, 0.15) is 17.7 Å². The van der Waals surface area contributed by atoms with Gasteiger partial charge in [0.25, 0.3) is 0 Å². The van der Waals surface area contributed by atoms with Gasteiger partial charge in [0.1, 0.15) is 17.4 Å². The number of piperazine rings is 1. The Morgan fingerprint density at radius 2 is 2.03 bits per heavy atom. The first-order chi connectivity index (χ1) is 15.7. The molecule has 2 aliphatic heterocycles. The summed E-state index contributed by atoms with van der Waals surface area (Å²) in [5.74, 6) is 1.44. The molecule has 3 aromatic rings. The third kappa shape index (κ3) is 4.47. The van der Waals surface area contributed by atoms with Crippen LogP contribution in [0.15, 0.2) is 45.7 Å². The zero-order valence-corrected chi connectivity index (χ0v) is 18.1. The molecule has 0 saturated carbocycles. The maximum atomic E-state index is 13.8. The number of benzene rings is 1. The first-order valence-corrected chi connectivity index (χ1v) is 11.3. The Kier molecular flexibility index (Phi) is 6.05. The average molecular weight is 438 g/mol. The minimum Gasteiger partial charge on any atom is -0.427 e. The van der Waals surface area contributed by atoms with Crippen molar-refractivity contribution in [1.29, 1.82) is 0 Å². The molecule has 2 aliphatic rings. The summed E-state index contributed by atoms with van der Waals surface area (Å²) in [6.07, 6.45) is 3.54. The van der Waals surface area contributed by atoms with Gasteiger partial charge in [0, 0.05) is 81.1 Å². The van der Waals surface area contributed by atoms with Gasteiger partial charge in [-0.25, -0.2) is 14.2 Å². The molecule has 4 heterocycles. The first-order valence-electron chi connectivity index (χ1n) is 11.3. The Hall–Kier alpha value is -2.97. The van der Waals surface area contributed by atoms with Crippen molar-refractivity contribution in [3.8, 4) is 0 Å². The van der Waals surface area contributed by atoms with Crippen molar-refractivity contribution in [3.05, 3.63) is 64.1 Å². The highest BCUT2D eigenvalue weighted by atomic mass is 19.1. The number of aromatic nitrogens is 1. The van der Waals surface area contributed by atoms with E-state index in [4.69, 9.17) is 4.42 Å². The standard InChI is InChI=1S/C24H28FN5O2/c25-18-3-2-17-4-8-28-24(19(17)14-18)30-12-10-29(11-13-30)9-1-6-27-21-15-23(31)32-22-5-7-26-16-20(21)22/h2-4,8,14-15,26-27H,1,5-7,9-13,16H2. The molecule has 1 fully saturated rings. The van der Waals surface area contributed by atoms with Gasteiger partial charge in [-0.15, -0.1) is 0 Å². The number of rotatable bonds is 6. The summed E-state index contributed by atoms with van der Waals surface area (Å²) in [4.78, 5) is 21.1. The molecule has 7 nitrogen and oxygen atoms in total. The Morgan fingerprint density at radius 3 is 2.91 bits per heavy atom. The lowest BCUT2D eigenvalue weighted by molar-refractivity contribution is 0.257. The second kappa shape index (κ2) is 9.26.